The molecular formula is C20H14Br2N2O2S. The van der Waals surface area contributed by atoms with Crippen LogP contribution in [0.3, 0.4) is 0 Å². The standard InChI is InChI=1S/C20H14Br2N2O2S/c21-14-5-3-13(4-6-14)12-17(24-20(26)18-2-1-11-27-18)19(25)23-16-9-7-15(22)8-10-16/h1-12H,(H,23,25)(H,24,26). The second-order valence-electron chi connectivity index (χ2n) is 5.50. The molecule has 136 valence electrons. The van der Waals surface area contributed by atoms with Crippen LogP contribution in [0.1, 0.15) is 15.2 Å². The highest BCUT2D eigenvalue weighted by atomic mass is 79.9. The Balaban J connectivity index is 1.85. The van der Waals surface area contributed by atoms with Crippen molar-refractivity contribution in [2.24, 2.45) is 0 Å². The molecule has 0 aliphatic carbocycles. The van der Waals surface area contributed by atoms with Crippen LogP contribution in [0.5, 0.6) is 0 Å². The number of benzene rings is 2. The van der Waals surface area contributed by atoms with Crippen molar-refractivity contribution in [1.82, 2.24) is 5.32 Å². The molecular weight excluding hydrogens is 492 g/mol. The maximum absolute atomic E-state index is 12.8. The monoisotopic (exact) mass is 504 g/mol. The zero-order valence-corrected chi connectivity index (χ0v) is 17.9. The van der Waals surface area contributed by atoms with Crippen LogP contribution in [-0.2, 0) is 4.79 Å². The Morgan fingerprint density at radius 3 is 2.11 bits per heavy atom. The smallest absolute Gasteiger partial charge is 0.272 e. The fourth-order valence-electron chi connectivity index (χ4n) is 2.21. The first-order chi connectivity index (χ1) is 13.0. The third kappa shape index (κ3) is 5.63. The van der Waals surface area contributed by atoms with Crippen LogP contribution < -0.4 is 10.6 Å². The molecule has 0 atom stereocenters. The lowest BCUT2D eigenvalue weighted by Gasteiger charge is -2.11. The lowest BCUT2D eigenvalue weighted by Crippen LogP contribution is -2.30. The van der Waals surface area contributed by atoms with E-state index in [1.165, 1.54) is 11.3 Å². The lowest BCUT2D eigenvalue weighted by molar-refractivity contribution is -0.113. The van der Waals surface area contributed by atoms with E-state index in [0.29, 0.717) is 10.6 Å². The number of halogens is 2. The number of amides is 2. The first-order valence-corrected chi connectivity index (χ1v) is 10.4. The number of rotatable bonds is 5. The molecule has 0 unspecified atom stereocenters. The Hall–Kier alpha value is -2.22. The van der Waals surface area contributed by atoms with Crippen molar-refractivity contribution < 1.29 is 9.59 Å². The van der Waals surface area contributed by atoms with Crippen molar-refractivity contribution in [2.75, 3.05) is 5.32 Å². The highest BCUT2D eigenvalue weighted by molar-refractivity contribution is 9.10. The van der Waals surface area contributed by atoms with Crippen LogP contribution in [0.4, 0.5) is 5.69 Å². The van der Waals surface area contributed by atoms with Crippen molar-refractivity contribution in [3.63, 3.8) is 0 Å². The molecule has 0 saturated carbocycles. The van der Waals surface area contributed by atoms with E-state index < -0.39 is 5.91 Å². The molecule has 0 bridgehead atoms. The number of hydrogen-bond acceptors (Lipinski definition) is 3. The second-order valence-corrected chi connectivity index (χ2v) is 8.28. The third-order valence-electron chi connectivity index (χ3n) is 3.52. The summed E-state index contributed by atoms with van der Waals surface area (Å²) in [6.07, 6.45) is 1.64. The van der Waals surface area contributed by atoms with Crippen LogP contribution in [-0.4, -0.2) is 11.8 Å². The van der Waals surface area contributed by atoms with Gasteiger partial charge < -0.3 is 10.6 Å². The van der Waals surface area contributed by atoms with E-state index >= 15 is 0 Å². The van der Waals surface area contributed by atoms with Gasteiger partial charge >= 0.3 is 0 Å². The summed E-state index contributed by atoms with van der Waals surface area (Å²) < 4.78 is 1.85. The quantitative estimate of drug-likeness (QED) is 0.438. The van der Waals surface area contributed by atoms with Gasteiger partial charge in [0.1, 0.15) is 5.70 Å². The van der Waals surface area contributed by atoms with Gasteiger partial charge in [0.2, 0.25) is 0 Å². The van der Waals surface area contributed by atoms with Crippen LogP contribution in [0.15, 0.2) is 80.7 Å². The zero-order chi connectivity index (χ0) is 19.2. The molecule has 3 rings (SSSR count). The fraction of sp³-hybridized carbons (Fsp3) is 0. The van der Waals surface area contributed by atoms with Crippen molar-refractivity contribution in [3.8, 4) is 0 Å². The average molecular weight is 506 g/mol. The minimum atomic E-state index is -0.398. The van der Waals surface area contributed by atoms with Crippen molar-refractivity contribution >= 4 is 66.8 Å². The minimum absolute atomic E-state index is 0.165. The maximum atomic E-state index is 12.8. The summed E-state index contributed by atoms with van der Waals surface area (Å²) in [5, 5.41) is 7.33. The Labute approximate surface area is 177 Å². The van der Waals surface area contributed by atoms with Gasteiger partial charge in [0.15, 0.2) is 0 Å². The normalized spacial score (nSPS) is 11.1. The Bertz CT molecular complexity index is 966. The molecule has 7 heteroatoms. The maximum Gasteiger partial charge on any atom is 0.272 e. The van der Waals surface area contributed by atoms with Gasteiger partial charge in [-0.2, -0.15) is 0 Å². The van der Waals surface area contributed by atoms with Gasteiger partial charge in [0.05, 0.1) is 4.88 Å². The second kappa shape index (κ2) is 9.12. The summed E-state index contributed by atoms with van der Waals surface area (Å²) in [6, 6.07) is 18.2. The molecule has 0 radical (unpaired) electrons. The van der Waals surface area contributed by atoms with Crippen LogP contribution in [0.25, 0.3) is 6.08 Å². The topological polar surface area (TPSA) is 58.2 Å². The molecule has 0 spiro atoms. The highest BCUT2D eigenvalue weighted by Crippen LogP contribution is 2.17. The molecule has 1 heterocycles. The molecule has 0 fully saturated rings. The number of thiophene rings is 1. The van der Waals surface area contributed by atoms with E-state index in [1.807, 2.05) is 41.8 Å². The molecule has 2 aromatic carbocycles. The largest absolute Gasteiger partial charge is 0.321 e. The molecule has 27 heavy (non-hydrogen) atoms. The first kappa shape index (κ1) is 19.5. The molecule has 0 saturated heterocycles. The van der Waals surface area contributed by atoms with E-state index in [2.05, 4.69) is 42.5 Å². The van der Waals surface area contributed by atoms with E-state index in [1.54, 1.807) is 30.3 Å². The predicted molar refractivity (Wildman–Crippen MR) is 117 cm³/mol. The zero-order valence-electron chi connectivity index (χ0n) is 13.9. The number of carbonyl (C=O) groups is 2. The van der Waals surface area contributed by atoms with Gasteiger partial charge in [-0.1, -0.05) is 50.1 Å². The van der Waals surface area contributed by atoms with Gasteiger partial charge in [0, 0.05) is 14.6 Å². The third-order valence-corrected chi connectivity index (χ3v) is 5.45. The number of carbonyl (C=O) groups excluding carboxylic acids is 2. The van der Waals surface area contributed by atoms with Gasteiger partial charge in [-0.3, -0.25) is 9.59 Å². The number of nitrogens with one attached hydrogen (secondary N) is 2. The first-order valence-electron chi connectivity index (χ1n) is 7.90. The molecule has 0 aliphatic heterocycles. The van der Waals surface area contributed by atoms with Crippen molar-refractivity contribution in [1.29, 1.82) is 0 Å². The highest BCUT2D eigenvalue weighted by Gasteiger charge is 2.15. The molecule has 4 nitrogen and oxygen atoms in total. The van der Waals surface area contributed by atoms with E-state index in [9.17, 15) is 9.59 Å². The van der Waals surface area contributed by atoms with Crippen LogP contribution in [0, 0.1) is 0 Å². The fourth-order valence-corrected chi connectivity index (χ4v) is 3.36. The van der Waals surface area contributed by atoms with Crippen LogP contribution >= 0.6 is 43.2 Å². The van der Waals surface area contributed by atoms with Crippen molar-refractivity contribution in [3.05, 3.63) is 91.1 Å². The Morgan fingerprint density at radius 2 is 1.52 bits per heavy atom. The minimum Gasteiger partial charge on any atom is -0.321 e. The summed E-state index contributed by atoms with van der Waals surface area (Å²) in [4.78, 5) is 25.7. The molecule has 0 aliphatic rings. The van der Waals surface area contributed by atoms with Crippen LogP contribution in [0.2, 0.25) is 0 Å². The van der Waals surface area contributed by atoms with Crippen molar-refractivity contribution in [2.45, 2.75) is 0 Å². The van der Waals surface area contributed by atoms with E-state index in [4.69, 9.17) is 0 Å². The Morgan fingerprint density at radius 1 is 0.889 bits per heavy atom. The summed E-state index contributed by atoms with van der Waals surface area (Å²) in [6.45, 7) is 0. The summed E-state index contributed by atoms with van der Waals surface area (Å²) in [7, 11) is 0. The van der Waals surface area contributed by atoms with Gasteiger partial charge in [0.25, 0.3) is 11.8 Å². The van der Waals surface area contributed by atoms with Gasteiger partial charge in [-0.25, -0.2) is 0 Å². The SMILES string of the molecule is O=C(Nc1ccc(Br)cc1)C(=Cc1ccc(Br)cc1)NC(=O)c1cccs1. The predicted octanol–water partition coefficient (Wildman–Crippen LogP) is 5.68. The Kier molecular flexibility index (Phi) is 6.60. The summed E-state index contributed by atoms with van der Waals surface area (Å²) in [5.41, 5.74) is 1.60. The van der Waals surface area contributed by atoms with Gasteiger partial charge in [-0.05, 0) is 59.5 Å². The van der Waals surface area contributed by atoms with E-state index in [-0.39, 0.29) is 11.6 Å². The molecule has 2 amide bonds. The lowest BCUT2D eigenvalue weighted by atomic mass is 10.2. The van der Waals surface area contributed by atoms with Gasteiger partial charge in [-0.15, -0.1) is 11.3 Å². The molecule has 2 N–H and O–H groups in total. The summed E-state index contributed by atoms with van der Waals surface area (Å²) in [5.74, 6) is -0.718. The average Bonchev–Trinajstić information content (AvgIpc) is 3.19. The molecule has 1 aromatic heterocycles. The summed E-state index contributed by atoms with van der Waals surface area (Å²) >= 11 is 8.06. The molecule has 3 aromatic rings. The van der Waals surface area contributed by atoms with E-state index in [0.717, 1.165) is 14.5 Å². The number of anilines is 1. The number of hydrogen-bond donors (Lipinski definition) is 2.